The molecule has 0 aliphatic rings. The van der Waals surface area contributed by atoms with E-state index in [4.69, 9.17) is 16.3 Å². The summed E-state index contributed by atoms with van der Waals surface area (Å²) in [4.78, 5) is 4.23. The highest BCUT2D eigenvalue weighted by atomic mass is 35.5. The van der Waals surface area contributed by atoms with Gasteiger partial charge < -0.3 is 10.1 Å². The summed E-state index contributed by atoms with van der Waals surface area (Å²) in [6.07, 6.45) is 1.78. The summed E-state index contributed by atoms with van der Waals surface area (Å²) < 4.78 is 5.80. The van der Waals surface area contributed by atoms with Gasteiger partial charge in [-0.1, -0.05) is 11.6 Å². The molecule has 0 aliphatic heterocycles. The standard InChI is InChI=1S/C15H17ClN2O/c1-3-17-15-9-12(6-7-18-15)10-19-14-5-4-13(16)8-11(14)2/h4-9H,3,10H2,1-2H3,(H,17,18). The third-order valence-corrected chi connectivity index (χ3v) is 2.95. The molecular formula is C15H17ClN2O. The number of nitrogens with one attached hydrogen (secondary N) is 1. The van der Waals surface area contributed by atoms with Crippen molar-refractivity contribution in [3.8, 4) is 5.75 Å². The van der Waals surface area contributed by atoms with E-state index in [0.717, 1.165) is 34.3 Å². The zero-order valence-electron chi connectivity index (χ0n) is 11.1. The molecule has 3 nitrogen and oxygen atoms in total. The molecule has 1 aromatic carbocycles. The number of ether oxygens (including phenoxy) is 1. The molecule has 4 heteroatoms. The minimum atomic E-state index is 0.517. The zero-order valence-corrected chi connectivity index (χ0v) is 11.9. The Labute approximate surface area is 118 Å². The Hall–Kier alpha value is -1.74. The Balaban J connectivity index is 2.03. The Kier molecular flexibility index (Phi) is 4.63. The van der Waals surface area contributed by atoms with Crippen LogP contribution in [0.4, 0.5) is 5.82 Å². The Bertz CT molecular complexity index is 558. The van der Waals surface area contributed by atoms with Gasteiger partial charge >= 0.3 is 0 Å². The van der Waals surface area contributed by atoms with Crippen LogP contribution in [-0.4, -0.2) is 11.5 Å². The SMILES string of the molecule is CCNc1cc(COc2ccc(Cl)cc2C)ccn1. The fourth-order valence-corrected chi connectivity index (χ4v) is 2.00. The highest BCUT2D eigenvalue weighted by molar-refractivity contribution is 6.30. The van der Waals surface area contributed by atoms with Gasteiger partial charge in [0, 0.05) is 17.8 Å². The summed E-state index contributed by atoms with van der Waals surface area (Å²) in [5.74, 6) is 1.72. The number of aryl methyl sites for hydroxylation is 1. The summed E-state index contributed by atoms with van der Waals surface area (Å²) in [5.41, 5.74) is 2.12. The van der Waals surface area contributed by atoms with Gasteiger partial charge in [0.05, 0.1) is 0 Å². The van der Waals surface area contributed by atoms with Crippen molar-refractivity contribution in [1.29, 1.82) is 0 Å². The van der Waals surface area contributed by atoms with Crippen molar-refractivity contribution in [2.24, 2.45) is 0 Å². The molecule has 1 heterocycles. The molecular weight excluding hydrogens is 260 g/mol. The van der Waals surface area contributed by atoms with Crippen LogP contribution >= 0.6 is 11.6 Å². The average Bonchev–Trinajstić information content (AvgIpc) is 2.38. The van der Waals surface area contributed by atoms with E-state index in [1.807, 2.05) is 44.2 Å². The molecule has 0 aliphatic carbocycles. The Morgan fingerprint density at radius 2 is 2.11 bits per heavy atom. The van der Waals surface area contributed by atoms with E-state index in [-0.39, 0.29) is 0 Å². The van der Waals surface area contributed by atoms with Gasteiger partial charge in [-0.25, -0.2) is 4.98 Å². The molecule has 0 atom stereocenters. The fraction of sp³-hybridized carbons (Fsp3) is 0.267. The molecule has 100 valence electrons. The molecule has 0 unspecified atom stereocenters. The van der Waals surface area contributed by atoms with E-state index < -0.39 is 0 Å². The number of hydrogen-bond acceptors (Lipinski definition) is 3. The lowest BCUT2D eigenvalue weighted by molar-refractivity contribution is 0.304. The number of hydrogen-bond donors (Lipinski definition) is 1. The van der Waals surface area contributed by atoms with Crippen molar-refractivity contribution in [1.82, 2.24) is 4.98 Å². The molecule has 0 fully saturated rings. The van der Waals surface area contributed by atoms with E-state index in [1.54, 1.807) is 6.20 Å². The molecule has 0 spiro atoms. The summed E-state index contributed by atoms with van der Waals surface area (Å²) >= 11 is 5.92. The number of aromatic nitrogens is 1. The van der Waals surface area contributed by atoms with Crippen molar-refractivity contribution >= 4 is 17.4 Å². The minimum Gasteiger partial charge on any atom is -0.489 e. The number of pyridine rings is 1. The first-order chi connectivity index (χ1) is 9.19. The molecule has 0 bridgehead atoms. The smallest absolute Gasteiger partial charge is 0.126 e. The van der Waals surface area contributed by atoms with Gasteiger partial charge in [0.1, 0.15) is 18.2 Å². The van der Waals surface area contributed by atoms with Gasteiger partial charge in [-0.15, -0.1) is 0 Å². The van der Waals surface area contributed by atoms with Gasteiger partial charge in [0.25, 0.3) is 0 Å². The van der Waals surface area contributed by atoms with Crippen LogP contribution in [0, 0.1) is 6.92 Å². The summed E-state index contributed by atoms with van der Waals surface area (Å²) in [7, 11) is 0. The minimum absolute atomic E-state index is 0.517. The molecule has 0 saturated heterocycles. The van der Waals surface area contributed by atoms with E-state index in [1.165, 1.54) is 0 Å². The molecule has 0 radical (unpaired) electrons. The molecule has 2 aromatic rings. The monoisotopic (exact) mass is 276 g/mol. The van der Waals surface area contributed by atoms with Crippen LogP contribution < -0.4 is 10.1 Å². The van der Waals surface area contributed by atoms with Gasteiger partial charge in [-0.3, -0.25) is 0 Å². The van der Waals surface area contributed by atoms with E-state index in [9.17, 15) is 0 Å². The predicted octanol–water partition coefficient (Wildman–Crippen LogP) is 4.05. The second-order valence-electron chi connectivity index (χ2n) is 4.28. The highest BCUT2D eigenvalue weighted by Gasteiger charge is 2.02. The summed E-state index contributed by atoms with van der Waals surface area (Å²) in [5, 5.41) is 3.91. The third-order valence-electron chi connectivity index (χ3n) is 2.71. The van der Waals surface area contributed by atoms with Crippen LogP contribution in [0.15, 0.2) is 36.5 Å². The number of nitrogens with zero attached hydrogens (tertiary/aromatic N) is 1. The lowest BCUT2D eigenvalue weighted by atomic mass is 10.2. The largest absolute Gasteiger partial charge is 0.489 e. The van der Waals surface area contributed by atoms with Crippen LogP contribution in [0.2, 0.25) is 5.02 Å². The predicted molar refractivity (Wildman–Crippen MR) is 78.9 cm³/mol. The van der Waals surface area contributed by atoms with Gasteiger partial charge in [-0.05, 0) is 55.3 Å². The first kappa shape index (κ1) is 13.7. The molecule has 2 rings (SSSR count). The van der Waals surface area contributed by atoms with Crippen LogP contribution in [0.3, 0.4) is 0 Å². The average molecular weight is 277 g/mol. The number of halogens is 1. The topological polar surface area (TPSA) is 34.1 Å². The molecule has 0 amide bonds. The van der Waals surface area contributed by atoms with Crippen molar-refractivity contribution in [2.75, 3.05) is 11.9 Å². The lowest BCUT2D eigenvalue weighted by Crippen LogP contribution is -2.02. The molecule has 0 saturated carbocycles. The maximum atomic E-state index is 5.92. The van der Waals surface area contributed by atoms with E-state index >= 15 is 0 Å². The number of anilines is 1. The first-order valence-electron chi connectivity index (χ1n) is 6.27. The second-order valence-corrected chi connectivity index (χ2v) is 4.71. The van der Waals surface area contributed by atoms with Crippen molar-refractivity contribution in [3.63, 3.8) is 0 Å². The van der Waals surface area contributed by atoms with Crippen molar-refractivity contribution in [3.05, 3.63) is 52.7 Å². The summed E-state index contributed by atoms with van der Waals surface area (Å²) in [6, 6.07) is 9.57. The fourth-order valence-electron chi connectivity index (χ4n) is 1.78. The first-order valence-corrected chi connectivity index (χ1v) is 6.64. The maximum absolute atomic E-state index is 5.92. The van der Waals surface area contributed by atoms with Crippen LogP contribution in [0.5, 0.6) is 5.75 Å². The van der Waals surface area contributed by atoms with E-state index in [2.05, 4.69) is 10.3 Å². The Morgan fingerprint density at radius 1 is 1.26 bits per heavy atom. The van der Waals surface area contributed by atoms with Gasteiger partial charge in [-0.2, -0.15) is 0 Å². The van der Waals surface area contributed by atoms with Crippen molar-refractivity contribution < 1.29 is 4.74 Å². The maximum Gasteiger partial charge on any atom is 0.126 e. The summed E-state index contributed by atoms with van der Waals surface area (Å²) in [6.45, 7) is 5.40. The third kappa shape index (κ3) is 3.86. The van der Waals surface area contributed by atoms with E-state index in [0.29, 0.717) is 6.61 Å². The number of benzene rings is 1. The highest BCUT2D eigenvalue weighted by Crippen LogP contribution is 2.22. The number of rotatable bonds is 5. The molecule has 19 heavy (non-hydrogen) atoms. The zero-order chi connectivity index (χ0) is 13.7. The van der Waals surface area contributed by atoms with Crippen molar-refractivity contribution in [2.45, 2.75) is 20.5 Å². The lowest BCUT2D eigenvalue weighted by Gasteiger charge is -2.10. The van der Waals surface area contributed by atoms with Gasteiger partial charge in [0.2, 0.25) is 0 Å². The molecule has 1 aromatic heterocycles. The Morgan fingerprint density at radius 3 is 2.84 bits per heavy atom. The van der Waals surface area contributed by atoms with Crippen LogP contribution in [-0.2, 0) is 6.61 Å². The van der Waals surface area contributed by atoms with Gasteiger partial charge in [0.15, 0.2) is 0 Å². The second kappa shape index (κ2) is 6.43. The molecule has 1 N–H and O–H groups in total. The van der Waals surface area contributed by atoms with Crippen LogP contribution in [0.1, 0.15) is 18.1 Å². The normalized spacial score (nSPS) is 10.3. The van der Waals surface area contributed by atoms with Crippen LogP contribution in [0.25, 0.3) is 0 Å². The quantitative estimate of drug-likeness (QED) is 0.894.